The van der Waals surface area contributed by atoms with E-state index in [1.807, 2.05) is 24.3 Å². The average molecular weight is 402 g/mol. The second-order valence-electron chi connectivity index (χ2n) is 7.23. The van der Waals surface area contributed by atoms with Crippen molar-refractivity contribution < 1.29 is 33.5 Å². The molecule has 0 radical (unpaired) electrons. The van der Waals surface area contributed by atoms with Crippen molar-refractivity contribution in [2.45, 2.75) is 12.2 Å². The number of aromatic hydroxyl groups is 1. The van der Waals surface area contributed by atoms with Gasteiger partial charge in [-0.2, -0.15) is 0 Å². The summed E-state index contributed by atoms with van der Waals surface area (Å²) >= 11 is 0. The van der Waals surface area contributed by atoms with E-state index in [1.165, 1.54) is 7.11 Å². The maximum absolute atomic E-state index is 9.87. The van der Waals surface area contributed by atoms with Crippen LogP contribution in [0.3, 0.4) is 0 Å². The van der Waals surface area contributed by atoms with Gasteiger partial charge < -0.3 is 33.5 Å². The van der Waals surface area contributed by atoms with Crippen LogP contribution < -0.4 is 18.9 Å². The number of hydrogen-bond donors (Lipinski definition) is 1. The van der Waals surface area contributed by atoms with Crippen molar-refractivity contribution in [1.29, 1.82) is 0 Å². The molecule has 2 aromatic rings. The lowest BCUT2D eigenvalue weighted by atomic mass is 9.84. The average Bonchev–Trinajstić information content (AvgIpc) is 3.35. The van der Waals surface area contributed by atoms with Gasteiger partial charge in [-0.15, -0.1) is 0 Å². The third-order valence-corrected chi connectivity index (χ3v) is 5.81. The third-order valence-electron chi connectivity index (χ3n) is 5.81. The van der Waals surface area contributed by atoms with Gasteiger partial charge in [0.25, 0.3) is 0 Å². The van der Waals surface area contributed by atoms with E-state index in [4.69, 9.17) is 28.4 Å². The lowest BCUT2D eigenvalue weighted by molar-refractivity contribution is 0.0191. The molecule has 0 amide bonds. The van der Waals surface area contributed by atoms with Crippen LogP contribution in [-0.4, -0.2) is 46.8 Å². The zero-order valence-corrected chi connectivity index (χ0v) is 17.0. The Hall–Kier alpha value is -2.64. The summed E-state index contributed by atoms with van der Waals surface area (Å²) in [4.78, 5) is 0. The fourth-order valence-electron chi connectivity index (χ4n) is 4.37. The second kappa shape index (κ2) is 8.00. The summed E-state index contributed by atoms with van der Waals surface area (Å²) in [7, 11) is 6.33. The van der Waals surface area contributed by atoms with E-state index >= 15 is 0 Å². The van der Waals surface area contributed by atoms with E-state index in [-0.39, 0.29) is 29.8 Å². The summed E-state index contributed by atoms with van der Waals surface area (Å²) < 4.78 is 34.0. The van der Waals surface area contributed by atoms with Gasteiger partial charge in [0.05, 0.1) is 53.9 Å². The molecule has 0 aromatic heterocycles. The maximum atomic E-state index is 9.87. The first-order valence-corrected chi connectivity index (χ1v) is 9.51. The molecule has 0 spiro atoms. The van der Waals surface area contributed by atoms with Crippen LogP contribution in [0.25, 0.3) is 0 Å². The molecule has 4 atom stereocenters. The highest BCUT2D eigenvalue weighted by Crippen LogP contribution is 2.52. The predicted molar refractivity (Wildman–Crippen MR) is 105 cm³/mol. The monoisotopic (exact) mass is 402 g/mol. The molecule has 2 heterocycles. The first-order valence-electron chi connectivity index (χ1n) is 9.51. The van der Waals surface area contributed by atoms with E-state index in [9.17, 15) is 5.11 Å². The molecule has 4 rings (SSSR count). The van der Waals surface area contributed by atoms with Crippen LogP contribution in [0.15, 0.2) is 30.3 Å². The fraction of sp³-hybridized carbons (Fsp3) is 0.455. The summed E-state index contributed by atoms with van der Waals surface area (Å²) in [5.74, 6) is 2.72. The first-order chi connectivity index (χ1) is 14.1. The van der Waals surface area contributed by atoms with Crippen LogP contribution in [0, 0.1) is 11.8 Å². The quantitative estimate of drug-likeness (QED) is 0.792. The highest BCUT2D eigenvalue weighted by molar-refractivity contribution is 5.54. The Kier molecular flexibility index (Phi) is 5.43. The van der Waals surface area contributed by atoms with Crippen molar-refractivity contribution in [2.24, 2.45) is 11.8 Å². The summed E-state index contributed by atoms with van der Waals surface area (Å²) in [6, 6.07) is 9.21. The molecule has 2 fully saturated rings. The van der Waals surface area contributed by atoms with Gasteiger partial charge in [-0.3, -0.25) is 0 Å². The third kappa shape index (κ3) is 3.34. The molecule has 2 aromatic carbocycles. The molecule has 2 aliphatic heterocycles. The molecule has 2 aliphatic rings. The highest BCUT2D eigenvalue weighted by atomic mass is 16.5. The van der Waals surface area contributed by atoms with Crippen molar-refractivity contribution in [1.82, 2.24) is 0 Å². The van der Waals surface area contributed by atoms with Gasteiger partial charge in [0.15, 0.2) is 23.0 Å². The Labute approximate surface area is 170 Å². The topological polar surface area (TPSA) is 75.6 Å². The molecule has 1 N–H and O–H groups in total. The highest BCUT2D eigenvalue weighted by Gasteiger charge is 2.48. The largest absolute Gasteiger partial charge is 0.504 e. The molecule has 2 saturated heterocycles. The Morgan fingerprint density at radius 2 is 1.24 bits per heavy atom. The van der Waals surface area contributed by atoms with Crippen molar-refractivity contribution in [3.63, 3.8) is 0 Å². The van der Waals surface area contributed by atoms with Gasteiger partial charge in [-0.1, -0.05) is 6.07 Å². The lowest BCUT2D eigenvalue weighted by Gasteiger charge is -2.20. The zero-order valence-electron chi connectivity index (χ0n) is 17.0. The number of hydrogen-bond acceptors (Lipinski definition) is 7. The van der Waals surface area contributed by atoms with Gasteiger partial charge >= 0.3 is 0 Å². The van der Waals surface area contributed by atoms with Crippen LogP contribution in [-0.2, 0) is 9.47 Å². The Balaban J connectivity index is 1.61. The predicted octanol–water partition coefficient (Wildman–Crippen LogP) is 3.50. The molecule has 29 heavy (non-hydrogen) atoms. The Morgan fingerprint density at radius 1 is 0.724 bits per heavy atom. The SMILES string of the molecule is COc1cc([C@@H]2OCC3C2CO[C@H]3c2cc(OC)c(OC)c(OC)c2)ccc1O. The normalized spacial score (nSPS) is 25.5. The summed E-state index contributed by atoms with van der Waals surface area (Å²) in [5, 5.41) is 9.87. The number of ether oxygens (including phenoxy) is 6. The first kappa shape index (κ1) is 19.7. The number of fused-ring (bicyclic) bond motifs is 1. The zero-order chi connectivity index (χ0) is 20.5. The van der Waals surface area contributed by atoms with Gasteiger partial charge in [-0.25, -0.2) is 0 Å². The van der Waals surface area contributed by atoms with Gasteiger partial charge in [0, 0.05) is 11.8 Å². The molecule has 156 valence electrons. The lowest BCUT2D eigenvalue weighted by Crippen LogP contribution is -2.15. The van der Waals surface area contributed by atoms with E-state index in [1.54, 1.807) is 27.4 Å². The van der Waals surface area contributed by atoms with Crippen molar-refractivity contribution >= 4 is 0 Å². The van der Waals surface area contributed by atoms with Crippen LogP contribution in [0.4, 0.5) is 0 Å². The maximum Gasteiger partial charge on any atom is 0.203 e. The minimum Gasteiger partial charge on any atom is -0.504 e. The minimum absolute atomic E-state index is 0.110. The van der Waals surface area contributed by atoms with Crippen LogP contribution in [0.5, 0.6) is 28.7 Å². The molecular formula is C22H26O7. The molecular weight excluding hydrogens is 376 g/mol. The molecule has 7 heteroatoms. The van der Waals surface area contributed by atoms with Gasteiger partial charge in [-0.05, 0) is 35.4 Å². The van der Waals surface area contributed by atoms with E-state index < -0.39 is 0 Å². The van der Waals surface area contributed by atoms with E-state index in [2.05, 4.69) is 0 Å². The number of phenolic OH excluding ortho intramolecular Hbond substituents is 1. The van der Waals surface area contributed by atoms with Crippen molar-refractivity contribution in [2.75, 3.05) is 41.7 Å². The van der Waals surface area contributed by atoms with Crippen molar-refractivity contribution in [3.05, 3.63) is 41.5 Å². The smallest absolute Gasteiger partial charge is 0.203 e. The summed E-state index contributed by atoms with van der Waals surface area (Å²) in [6.07, 6.45) is -0.237. The molecule has 2 unspecified atom stereocenters. The standard InChI is InChI=1S/C22H26O7/c1-24-17-7-12(5-6-16(17)23)20-14-10-29-21(15(14)11-28-20)13-8-18(25-2)22(27-4)19(9-13)26-3/h5-9,14-15,20-21,23H,10-11H2,1-4H3/t14?,15?,20-,21-/m0/s1. The number of benzene rings is 2. The Morgan fingerprint density at radius 3 is 1.76 bits per heavy atom. The van der Waals surface area contributed by atoms with Crippen molar-refractivity contribution in [3.8, 4) is 28.7 Å². The van der Waals surface area contributed by atoms with Crippen LogP contribution in [0.1, 0.15) is 23.3 Å². The minimum atomic E-state index is -0.127. The van der Waals surface area contributed by atoms with Gasteiger partial charge in [0.1, 0.15) is 0 Å². The fourth-order valence-corrected chi connectivity index (χ4v) is 4.37. The van der Waals surface area contributed by atoms with E-state index in [0.717, 1.165) is 11.1 Å². The number of rotatable bonds is 6. The Bertz CT molecular complexity index is 856. The number of phenols is 1. The number of methoxy groups -OCH3 is 4. The van der Waals surface area contributed by atoms with Crippen LogP contribution in [0.2, 0.25) is 0 Å². The molecule has 0 aliphatic carbocycles. The summed E-state index contributed by atoms with van der Waals surface area (Å²) in [5.41, 5.74) is 1.95. The van der Waals surface area contributed by atoms with E-state index in [0.29, 0.717) is 36.2 Å². The molecule has 0 saturated carbocycles. The molecule has 7 nitrogen and oxygen atoms in total. The summed E-state index contributed by atoms with van der Waals surface area (Å²) in [6.45, 7) is 1.17. The second-order valence-corrected chi connectivity index (χ2v) is 7.23. The van der Waals surface area contributed by atoms with Gasteiger partial charge in [0.2, 0.25) is 5.75 Å². The molecule has 0 bridgehead atoms. The van der Waals surface area contributed by atoms with Crippen LogP contribution >= 0.6 is 0 Å².